The summed E-state index contributed by atoms with van der Waals surface area (Å²) in [5.74, 6) is -0.814. The van der Waals surface area contributed by atoms with Gasteiger partial charge in [-0.2, -0.15) is 0 Å². The molecule has 2 rings (SSSR count). The number of esters is 1. The molecule has 128 valence electrons. The molecule has 7 nitrogen and oxygen atoms in total. The van der Waals surface area contributed by atoms with Gasteiger partial charge in [-0.3, -0.25) is 4.79 Å². The summed E-state index contributed by atoms with van der Waals surface area (Å²) in [6, 6.07) is 8.01. The Morgan fingerprint density at radius 1 is 1.29 bits per heavy atom. The van der Waals surface area contributed by atoms with Gasteiger partial charge in [-0.15, -0.1) is 0 Å². The minimum Gasteiger partial charge on any atom is -0.467 e. The van der Waals surface area contributed by atoms with E-state index in [2.05, 4.69) is 9.97 Å². The average Bonchev–Trinajstić information content (AvgIpc) is 3.11. The Labute approximate surface area is 140 Å². The summed E-state index contributed by atoms with van der Waals surface area (Å²) in [5, 5.41) is 0. The number of methoxy groups -OCH3 is 1. The van der Waals surface area contributed by atoms with Gasteiger partial charge in [-0.05, 0) is 12.0 Å². The number of likely N-dealkylation sites (N-methyl/N-ethyl adjacent to an activating group) is 1. The molecule has 2 atom stereocenters. The van der Waals surface area contributed by atoms with Gasteiger partial charge in [-0.25, -0.2) is 9.78 Å². The molecular weight excluding hydrogens is 308 g/mol. The Hall–Kier alpha value is -2.67. The summed E-state index contributed by atoms with van der Waals surface area (Å²) in [6.07, 6.45) is 3.86. The first-order chi connectivity index (χ1) is 11.5. The van der Waals surface area contributed by atoms with Crippen molar-refractivity contribution in [1.29, 1.82) is 0 Å². The molecule has 7 heteroatoms. The lowest BCUT2D eigenvalue weighted by Gasteiger charge is -2.28. The Morgan fingerprint density at radius 2 is 2.00 bits per heavy atom. The fraction of sp³-hybridized carbons (Fsp3) is 0.353. The molecule has 0 spiro atoms. The topological polar surface area (TPSA) is 101 Å². The molecule has 2 aromatic rings. The van der Waals surface area contributed by atoms with Gasteiger partial charge in [0.2, 0.25) is 5.91 Å². The maximum atomic E-state index is 12.6. The lowest BCUT2D eigenvalue weighted by molar-refractivity contribution is -0.152. The number of nitrogens with two attached hydrogens (primary N) is 1. The monoisotopic (exact) mass is 330 g/mol. The van der Waals surface area contributed by atoms with Crippen LogP contribution in [-0.2, 0) is 27.2 Å². The Kier molecular flexibility index (Phi) is 6.08. The predicted molar refractivity (Wildman–Crippen MR) is 89.0 cm³/mol. The molecule has 0 saturated heterocycles. The van der Waals surface area contributed by atoms with Crippen LogP contribution >= 0.6 is 0 Å². The van der Waals surface area contributed by atoms with Crippen molar-refractivity contribution >= 4 is 11.9 Å². The summed E-state index contributed by atoms with van der Waals surface area (Å²) >= 11 is 0. The van der Waals surface area contributed by atoms with Crippen LogP contribution in [0, 0.1) is 0 Å². The molecule has 3 N–H and O–H groups in total. The number of benzene rings is 1. The zero-order chi connectivity index (χ0) is 17.5. The highest BCUT2D eigenvalue weighted by atomic mass is 16.5. The molecule has 0 saturated carbocycles. The highest BCUT2D eigenvalue weighted by molar-refractivity contribution is 5.87. The number of carbonyl (C=O) groups excluding carboxylic acids is 2. The van der Waals surface area contributed by atoms with Gasteiger partial charge < -0.3 is 20.4 Å². The molecule has 0 aliphatic heterocycles. The van der Waals surface area contributed by atoms with E-state index in [1.54, 1.807) is 13.2 Å². The van der Waals surface area contributed by atoms with Gasteiger partial charge in [0.15, 0.2) is 0 Å². The summed E-state index contributed by atoms with van der Waals surface area (Å²) in [6.45, 7) is 0. The standard InChI is InChI=1S/C17H22N4O3/c1-21(15(17(23)24-2)9-13-10-19-11-20-13)16(22)14(18)8-12-6-4-3-5-7-12/h3-7,10-11,14-15H,8-9,18H2,1-2H3,(H,19,20)/t14-,15-/m0/s1. The zero-order valence-corrected chi connectivity index (χ0v) is 13.8. The molecule has 1 amide bonds. The van der Waals surface area contributed by atoms with E-state index in [1.807, 2.05) is 30.3 Å². The predicted octanol–water partition coefficient (Wildman–Crippen LogP) is 0.522. The number of hydrogen-bond donors (Lipinski definition) is 2. The lowest BCUT2D eigenvalue weighted by Crippen LogP contribution is -2.51. The second-order valence-electron chi connectivity index (χ2n) is 5.55. The number of amides is 1. The molecular formula is C17H22N4O3. The van der Waals surface area contributed by atoms with Crippen molar-refractivity contribution in [1.82, 2.24) is 14.9 Å². The van der Waals surface area contributed by atoms with Crippen LogP contribution in [0.4, 0.5) is 0 Å². The zero-order valence-electron chi connectivity index (χ0n) is 13.8. The maximum absolute atomic E-state index is 12.6. The van der Waals surface area contributed by atoms with Crippen LogP contribution in [0.2, 0.25) is 0 Å². The third-order valence-electron chi connectivity index (χ3n) is 3.86. The van der Waals surface area contributed by atoms with Crippen LogP contribution in [0.5, 0.6) is 0 Å². The van der Waals surface area contributed by atoms with Gasteiger partial charge in [-0.1, -0.05) is 30.3 Å². The summed E-state index contributed by atoms with van der Waals surface area (Å²) in [7, 11) is 2.85. The molecule has 1 heterocycles. The number of nitrogens with zero attached hydrogens (tertiary/aromatic N) is 2. The first kappa shape index (κ1) is 17.7. The van der Waals surface area contributed by atoms with Gasteiger partial charge in [0.25, 0.3) is 0 Å². The Bertz CT molecular complexity index is 658. The molecule has 0 radical (unpaired) electrons. The lowest BCUT2D eigenvalue weighted by atomic mass is 10.0. The van der Waals surface area contributed by atoms with Crippen LogP contribution < -0.4 is 5.73 Å². The Balaban J connectivity index is 2.07. The van der Waals surface area contributed by atoms with E-state index in [0.717, 1.165) is 5.56 Å². The van der Waals surface area contributed by atoms with Crippen molar-refractivity contribution in [3.05, 3.63) is 54.1 Å². The number of nitrogens with one attached hydrogen (secondary N) is 1. The largest absolute Gasteiger partial charge is 0.467 e. The molecule has 1 aromatic carbocycles. The minimum absolute atomic E-state index is 0.260. The normalized spacial score (nSPS) is 13.1. The van der Waals surface area contributed by atoms with Crippen LogP contribution in [-0.4, -0.2) is 53.0 Å². The van der Waals surface area contributed by atoms with Gasteiger partial charge >= 0.3 is 5.97 Å². The van der Waals surface area contributed by atoms with Crippen molar-refractivity contribution in [2.24, 2.45) is 5.73 Å². The van der Waals surface area contributed by atoms with Crippen LogP contribution in [0.3, 0.4) is 0 Å². The van der Waals surface area contributed by atoms with E-state index in [0.29, 0.717) is 12.1 Å². The van der Waals surface area contributed by atoms with Gasteiger partial charge in [0.05, 0.1) is 25.2 Å². The highest BCUT2D eigenvalue weighted by Gasteiger charge is 2.31. The number of aromatic nitrogens is 2. The summed E-state index contributed by atoms with van der Waals surface area (Å²) in [4.78, 5) is 32.9. The number of rotatable bonds is 7. The summed E-state index contributed by atoms with van der Waals surface area (Å²) in [5.41, 5.74) is 7.67. The van der Waals surface area contributed by atoms with Crippen molar-refractivity contribution in [2.75, 3.05) is 14.2 Å². The molecule has 0 unspecified atom stereocenters. The van der Waals surface area contributed by atoms with Crippen molar-refractivity contribution in [3.63, 3.8) is 0 Å². The maximum Gasteiger partial charge on any atom is 0.328 e. The molecule has 24 heavy (non-hydrogen) atoms. The molecule has 0 bridgehead atoms. The number of imidazole rings is 1. The fourth-order valence-corrected chi connectivity index (χ4v) is 2.49. The third-order valence-corrected chi connectivity index (χ3v) is 3.86. The van der Waals surface area contributed by atoms with Crippen molar-refractivity contribution < 1.29 is 14.3 Å². The van der Waals surface area contributed by atoms with Crippen LogP contribution in [0.15, 0.2) is 42.9 Å². The quantitative estimate of drug-likeness (QED) is 0.721. The van der Waals surface area contributed by atoms with E-state index >= 15 is 0 Å². The number of H-pyrrole nitrogens is 1. The second kappa shape index (κ2) is 8.26. The SMILES string of the molecule is COC(=O)[C@H](Cc1c[nH]cn1)N(C)C(=O)[C@@H](N)Cc1ccccc1. The molecule has 1 aromatic heterocycles. The average molecular weight is 330 g/mol. The number of hydrogen-bond acceptors (Lipinski definition) is 5. The molecule has 0 fully saturated rings. The van der Waals surface area contributed by atoms with E-state index in [-0.39, 0.29) is 12.3 Å². The number of aromatic amines is 1. The first-order valence-electron chi connectivity index (χ1n) is 7.64. The number of carbonyl (C=O) groups is 2. The molecule has 0 aliphatic rings. The van der Waals surface area contributed by atoms with Crippen LogP contribution in [0.1, 0.15) is 11.3 Å². The van der Waals surface area contributed by atoms with Gasteiger partial charge in [0.1, 0.15) is 6.04 Å². The summed E-state index contributed by atoms with van der Waals surface area (Å²) < 4.78 is 4.82. The van der Waals surface area contributed by atoms with E-state index in [9.17, 15) is 9.59 Å². The second-order valence-corrected chi connectivity index (χ2v) is 5.55. The molecule has 0 aliphatic carbocycles. The van der Waals surface area contributed by atoms with Crippen molar-refractivity contribution in [3.8, 4) is 0 Å². The first-order valence-corrected chi connectivity index (χ1v) is 7.64. The highest BCUT2D eigenvalue weighted by Crippen LogP contribution is 2.10. The van der Waals surface area contributed by atoms with Crippen LogP contribution in [0.25, 0.3) is 0 Å². The fourth-order valence-electron chi connectivity index (χ4n) is 2.49. The van der Waals surface area contributed by atoms with Gasteiger partial charge in [0, 0.05) is 19.7 Å². The van der Waals surface area contributed by atoms with E-state index in [1.165, 1.54) is 18.3 Å². The van der Waals surface area contributed by atoms with E-state index < -0.39 is 18.1 Å². The van der Waals surface area contributed by atoms with E-state index in [4.69, 9.17) is 10.5 Å². The van der Waals surface area contributed by atoms with Crippen molar-refractivity contribution in [2.45, 2.75) is 24.9 Å². The smallest absolute Gasteiger partial charge is 0.328 e. The third kappa shape index (κ3) is 4.42. The number of ether oxygens (including phenoxy) is 1. The Morgan fingerprint density at radius 3 is 2.58 bits per heavy atom. The minimum atomic E-state index is -0.771.